The van der Waals surface area contributed by atoms with E-state index in [0.717, 1.165) is 15.9 Å². The lowest BCUT2D eigenvalue weighted by molar-refractivity contribution is 0.274. The van der Waals surface area contributed by atoms with Crippen LogP contribution >= 0.6 is 0 Å². The van der Waals surface area contributed by atoms with Crippen LogP contribution in [0.25, 0.3) is 23.3 Å². The molecule has 0 spiro atoms. The number of terminal acetylenes is 1. The number of nitrogens with zero attached hydrogens (tertiary/aromatic N) is 3. The summed E-state index contributed by atoms with van der Waals surface area (Å²) in [7, 11) is 1.59. The first-order valence-electron chi connectivity index (χ1n) is 8.19. The van der Waals surface area contributed by atoms with Gasteiger partial charge in [-0.15, -0.1) is 6.42 Å². The van der Waals surface area contributed by atoms with Gasteiger partial charge in [0.25, 0.3) is 5.56 Å². The number of H-pyrrole nitrogens is 1. The van der Waals surface area contributed by atoms with Gasteiger partial charge in [0.1, 0.15) is 17.1 Å². The van der Waals surface area contributed by atoms with E-state index < -0.39 is 11.2 Å². The fourth-order valence-corrected chi connectivity index (χ4v) is 2.72. The standard InChI is InChI=1S/C19H18N4O4/c1-3-9-23-18(25)16-17(22(10-11-24)19(23)26)21-15(20-16)8-7-13-5-4-6-14(12-13)27-2/h1,4-8,12,24H,9-11H2,2H3,(H,20,21)/b8-7+. The summed E-state index contributed by atoms with van der Waals surface area (Å²) in [6.45, 7) is -0.428. The van der Waals surface area contributed by atoms with Gasteiger partial charge in [-0.2, -0.15) is 0 Å². The quantitative estimate of drug-likeness (QED) is 0.625. The number of hydrogen-bond donors (Lipinski definition) is 2. The average molecular weight is 366 g/mol. The van der Waals surface area contributed by atoms with Gasteiger partial charge in [0.15, 0.2) is 5.65 Å². The molecule has 3 aromatic rings. The zero-order chi connectivity index (χ0) is 19.4. The van der Waals surface area contributed by atoms with Gasteiger partial charge in [0.2, 0.25) is 0 Å². The summed E-state index contributed by atoms with van der Waals surface area (Å²) in [6.07, 6.45) is 8.74. The number of aromatic amines is 1. The molecule has 0 aliphatic carbocycles. The Bertz CT molecular complexity index is 1160. The Hall–Kier alpha value is -3.57. The topological polar surface area (TPSA) is 102 Å². The van der Waals surface area contributed by atoms with E-state index in [1.54, 1.807) is 19.3 Å². The van der Waals surface area contributed by atoms with Crippen LogP contribution in [0.15, 0.2) is 33.9 Å². The second-order valence-electron chi connectivity index (χ2n) is 5.68. The molecule has 0 aliphatic rings. The molecule has 0 atom stereocenters. The molecule has 2 aromatic heterocycles. The highest BCUT2D eigenvalue weighted by atomic mass is 16.5. The van der Waals surface area contributed by atoms with Crippen LogP contribution < -0.4 is 16.0 Å². The number of aliphatic hydroxyl groups is 1. The lowest BCUT2D eigenvalue weighted by Crippen LogP contribution is -2.40. The van der Waals surface area contributed by atoms with Gasteiger partial charge >= 0.3 is 5.69 Å². The third-order valence-corrected chi connectivity index (χ3v) is 3.98. The van der Waals surface area contributed by atoms with Crippen molar-refractivity contribution in [3.63, 3.8) is 0 Å². The van der Waals surface area contributed by atoms with Gasteiger partial charge < -0.3 is 14.8 Å². The first-order valence-corrected chi connectivity index (χ1v) is 8.19. The maximum absolute atomic E-state index is 12.5. The second kappa shape index (κ2) is 7.76. The maximum Gasteiger partial charge on any atom is 0.333 e. The summed E-state index contributed by atoms with van der Waals surface area (Å²) in [5.41, 5.74) is 0.0681. The minimum Gasteiger partial charge on any atom is -0.497 e. The lowest BCUT2D eigenvalue weighted by atomic mass is 10.2. The lowest BCUT2D eigenvalue weighted by Gasteiger charge is -2.07. The van der Waals surface area contributed by atoms with Crippen molar-refractivity contribution in [3.05, 3.63) is 56.5 Å². The predicted octanol–water partition coefficient (Wildman–Crippen LogP) is 0.691. The third kappa shape index (κ3) is 3.54. The van der Waals surface area contributed by atoms with Gasteiger partial charge in [-0.25, -0.2) is 14.3 Å². The normalized spacial score (nSPS) is 11.1. The highest BCUT2D eigenvalue weighted by Crippen LogP contribution is 2.15. The molecule has 8 heteroatoms. The number of rotatable bonds is 6. The Kier molecular flexibility index (Phi) is 5.24. The van der Waals surface area contributed by atoms with Gasteiger partial charge in [-0.3, -0.25) is 9.36 Å². The summed E-state index contributed by atoms with van der Waals surface area (Å²) < 4.78 is 7.35. The molecule has 0 unspecified atom stereocenters. The molecule has 0 bridgehead atoms. The molecule has 0 amide bonds. The highest BCUT2D eigenvalue weighted by Gasteiger charge is 2.16. The fraction of sp³-hybridized carbons (Fsp3) is 0.211. The van der Waals surface area contributed by atoms with Gasteiger partial charge in [0.05, 0.1) is 26.8 Å². The molecule has 0 fully saturated rings. The Morgan fingerprint density at radius 3 is 2.85 bits per heavy atom. The summed E-state index contributed by atoms with van der Waals surface area (Å²) in [5.74, 6) is 3.41. The van der Waals surface area contributed by atoms with Crippen LogP contribution in [0.1, 0.15) is 11.4 Å². The number of fused-ring (bicyclic) bond motifs is 1. The highest BCUT2D eigenvalue weighted by molar-refractivity contribution is 5.75. The molecule has 27 heavy (non-hydrogen) atoms. The van der Waals surface area contributed by atoms with Crippen molar-refractivity contribution in [3.8, 4) is 18.1 Å². The van der Waals surface area contributed by atoms with Crippen molar-refractivity contribution < 1.29 is 9.84 Å². The second-order valence-corrected chi connectivity index (χ2v) is 5.68. The first-order chi connectivity index (χ1) is 13.1. The van der Waals surface area contributed by atoms with Crippen LogP contribution in [0.5, 0.6) is 5.75 Å². The van der Waals surface area contributed by atoms with E-state index in [1.807, 2.05) is 24.3 Å². The number of nitrogens with one attached hydrogen (secondary N) is 1. The molecule has 0 saturated carbocycles. The van der Waals surface area contributed by atoms with Crippen LogP contribution in [-0.4, -0.2) is 37.9 Å². The molecular weight excluding hydrogens is 348 g/mol. The number of aromatic nitrogens is 4. The minimum absolute atomic E-state index is 0.00404. The van der Waals surface area contributed by atoms with E-state index in [1.165, 1.54) is 4.57 Å². The number of imidazole rings is 1. The molecule has 0 saturated heterocycles. The maximum atomic E-state index is 12.5. The average Bonchev–Trinajstić information content (AvgIpc) is 3.11. The minimum atomic E-state index is -0.602. The summed E-state index contributed by atoms with van der Waals surface area (Å²) >= 11 is 0. The molecular formula is C19H18N4O4. The Morgan fingerprint density at radius 2 is 2.15 bits per heavy atom. The predicted molar refractivity (Wildman–Crippen MR) is 102 cm³/mol. The van der Waals surface area contributed by atoms with Gasteiger partial charge in [-0.1, -0.05) is 24.1 Å². The van der Waals surface area contributed by atoms with E-state index in [0.29, 0.717) is 5.82 Å². The van der Waals surface area contributed by atoms with Crippen molar-refractivity contribution in [1.29, 1.82) is 0 Å². The largest absolute Gasteiger partial charge is 0.497 e. The van der Waals surface area contributed by atoms with Crippen LogP contribution in [0.2, 0.25) is 0 Å². The van der Waals surface area contributed by atoms with Crippen LogP contribution in [0.4, 0.5) is 0 Å². The zero-order valence-corrected chi connectivity index (χ0v) is 14.7. The number of benzene rings is 1. The number of methoxy groups -OCH3 is 1. The van der Waals surface area contributed by atoms with Crippen LogP contribution in [-0.2, 0) is 13.1 Å². The Morgan fingerprint density at radius 1 is 1.33 bits per heavy atom. The number of hydrogen-bond acceptors (Lipinski definition) is 5. The van der Waals surface area contributed by atoms with E-state index in [4.69, 9.17) is 11.2 Å². The molecule has 138 valence electrons. The summed E-state index contributed by atoms with van der Waals surface area (Å²) in [4.78, 5) is 32.3. The molecule has 0 aliphatic heterocycles. The molecule has 2 N–H and O–H groups in total. The molecule has 3 rings (SSSR count). The van der Waals surface area contributed by atoms with Crippen molar-refractivity contribution in [2.45, 2.75) is 13.1 Å². The van der Waals surface area contributed by atoms with Crippen LogP contribution in [0, 0.1) is 12.3 Å². The zero-order valence-electron chi connectivity index (χ0n) is 14.7. The molecule has 8 nitrogen and oxygen atoms in total. The van der Waals surface area contributed by atoms with E-state index in [-0.39, 0.29) is 30.9 Å². The molecule has 2 heterocycles. The summed E-state index contributed by atoms with van der Waals surface area (Å²) in [5, 5.41) is 9.25. The molecule has 0 radical (unpaired) electrons. The van der Waals surface area contributed by atoms with E-state index in [2.05, 4.69) is 15.9 Å². The van der Waals surface area contributed by atoms with Crippen molar-refractivity contribution in [2.24, 2.45) is 0 Å². The SMILES string of the molecule is C#CCn1c(=O)c2[nH]c(/C=C/c3cccc(OC)c3)nc2n(CCO)c1=O. The first kappa shape index (κ1) is 18.2. The summed E-state index contributed by atoms with van der Waals surface area (Å²) in [6, 6.07) is 7.43. The van der Waals surface area contributed by atoms with Gasteiger partial charge in [-0.05, 0) is 23.8 Å². The van der Waals surface area contributed by atoms with Gasteiger partial charge in [0, 0.05) is 0 Å². The van der Waals surface area contributed by atoms with Crippen molar-refractivity contribution in [2.75, 3.05) is 13.7 Å². The number of aliphatic hydroxyl groups excluding tert-OH is 1. The number of ether oxygens (including phenoxy) is 1. The Labute approximate surface area is 154 Å². The molecule has 1 aromatic carbocycles. The third-order valence-electron chi connectivity index (χ3n) is 3.98. The van der Waals surface area contributed by atoms with E-state index >= 15 is 0 Å². The monoisotopic (exact) mass is 366 g/mol. The fourth-order valence-electron chi connectivity index (χ4n) is 2.72. The van der Waals surface area contributed by atoms with E-state index in [9.17, 15) is 14.7 Å². The Balaban J connectivity index is 2.11. The van der Waals surface area contributed by atoms with Crippen molar-refractivity contribution >= 4 is 23.3 Å². The van der Waals surface area contributed by atoms with Crippen LogP contribution in [0.3, 0.4) is 0 Å². The van der Waals surface area contributed by atoms with Crippen molar-refractivity contribution in [1.82, 2.24) is 19.1 Å². The smallest absolute Gasteiger partial charge is 0.333 e.